The molecule has 1 aromatic rings. The molecule has 1 aromatic heterocycles. The van der Waals surface area contributed by atoms with E-state index in [1.165, 1.54) is 6.19 Å². The van der Waals surface area contributed by atoms with Gasteiger partial charge < -0.3 is 5.73 Å². The van der Waals surface area contributed by atoms with E-state index in [9.17, 15) is 4.79 Å². The lowest BCUT2D eigenvalue weighted by atomic mass is 10.4. The summed E-state index contributed by atoms with van der Waals surface area (Å²) in [7, 11) is 0. The number of nitriles is 1. The predicted octanol–water partition coefficient (Wildman–Crippen LogP) is -1.34. The molecule has 0 aliphatic carbocycles. The lowest BCUT2D eigenvalue weighted by Crippen LogP contribution is -2.21. The van der Waals surface area contributed by atoms with Gasteiger partial charge in [0.25, 0.3) is 5.91 Å². The third-order valence-electron chi connectivity index (χ3n) is 1.03. The maximum atomic E-state index is 10.9. The number of carbonyl (C=O) groups is 1. The van der Waals surface area contributed by atoms with Crippen molar-refractivity contribution in [3.63, 3.8) is 0 Å². The lowest BCUT2D eigenvalue weighted by molar-refractivity contribution is 0.0968. The SMILES string of the molecule is N#CNC(=O)c1ncnnc1N. The van der Waals surface area contributed by atoms with Crippen molar-refractivity contribution in [2.45, 2.75) is 0 Å². The zero-order valence-electron chi connectivity index (χ0n) is 5.85. The molecule has 0 radical (unpaired) electrons. The first kappa shape index (κ1) is 7.87. The molecule has 3 N–H and O–H groups in total. The molecule has 7 heteroatoms. The van der Waals surface area contributed by atoms with E-state index in [-0.39, 0.29) is 11.5 Å². The maximum absolute atomic E-state index is 10.9. The van der Waals surface area contributed by atoms with Crippen molar-refractivity contribution in [1.82, 2.24) is 20.5 Å². The summed E-state index contributed by atoms with van der Waals surface area (Å²) in [6, 6.07) is 0. The molecule has 1 heterocycles. The Hall–Kier alpha value is -2.23. The van der Waals surface area contributed by atoms with Gasteiger partial charge in [0.05, 0.1) is 0 Å². The van der Waals surface area contributed by atoms with Crippen LogP contribution in [0.5, 0.6) is 0 Å². The van der Waals surface area contributed by atoms with Crippen LogP contribution < -0.4 is 11.1 Å². The van der Waals surface area contributed by atoms with Crippen LogP contribution in [-0.2, 0) is 0 Å². The van der Waals surface area contributed by atoms with Gasteiger partial charge >= 0.3 is 0 Å². The zero-order chi connectivity index (χ0) is 8.97. The Morgan fingerprint density at radius 1 is 1.75 bits per heavy atom. The fourth-order valence-corrected chi connectivity index (χ4v) is 0.570. The first-order chi connectivity index (χ1) is 5.75. The van der Waals surface area contributed by atoms with Crippen LogP contribution in [0.4, 0.5) is 5.82 Å². The Kier molecular flexibility index (Phi) is 2.13. The van der Waals surface area contributed by atoms with E-state index in [0.717, 1.165) is 6.33 Å². The summed E-state index contributed by atoms with van der Waals surface area (Å²) < 4.78 is 0. The Bertz CT molecular complexity index is 342. The standard InChI is InChI=1S/C5H4N6O/c6-1-8-5(12)3-4(7)11-10-2-9-3/h2H,(H2,7,11)(H,8,12). The topological polar surface area (TPSA) is 118 Å². The van der Waals surface area contributed by atoms with Gasteiger partial charge in [-0.15, -0.1) is 10.2 Å². The first-order valence-electron chi connectivity index (χ1n) is 2.88. The molecule has 0 saturated carbocycles. The van der Waals surface area contributed by atoms with E-state index in [4.69, 9.17) is 11.0 Å². The molecule has 1 amide bonds. The first-order valence-corrected chi connectivity index (χ1v) is 2.88. The Balaban J connectivity index is 2.97. The van der Waals surface area contributed by atoms with Gasteiger partial charge in [0.2, 0.25) is 0 Å². The number of anilines is 1. The van der Waals surface area contributed by atoms with Crippen LogP contribution in [0.3, 0.4) is 0 Å². The number of nitrogens with one attached hydrogen (secondary N) is 1. The third kappa shape index (κ3) is 1.43. The van der Waals surface area contributed by atoms with E-state index < -0.39 is 5.91 Å². The molecule has 0 bridgehead atoms. The highest BCUT2D eigenvalue weighted by Crippen LogP contribution is 1.99. The van der Waals surface area contributed by atoms with Crippen molar-refractivity contribution in [1.29, 1.82) is 5.26 Å². The van der Waals surface area contributed by atoms with E-state index in [0.29, 0.717) is 0 Å². The minimum Gasteiger partial charge on any atom is -0.380 e. The average molecular weight is 164 g/mol. The number of nitrogens with two attached hydrogens (primary N) is 1. The second kappa shape index (κ2) is 3.25. The minimum atomic E-state index is -0.690. The maximum Gasteiger partial charge on any atom is 0.286 e. The number of carbonyl (C=O) groups excluding carboxylic acids is 1. The van der Waals surface area contributed by atoms with Crippen molar-refractivity contribution >= 4 is 11.7 Å². The van der Waals surface area contributed by atoms with Gasteiger partial charge in [0.15, 0.2) is 17.7 Å². The van der Waals surface area contributed by atoms with Gasteiger partial charge in [0, 0.05) is 0 Å². The third-order valence-corrected chi connectivity index (χ3v) is 1.03. The van der Waals surface area contributed by atoms with Crippen LogP contribution in [0.2, 0.25) is 0 Å². The van der Waals surface area contributed by atoms with Gasteiger partial charge in [-0.3, -0.25) is 10.1 Å². The molecule has 0 atom stereocenters. The monoisotopic (exact) mass is 164 g/mol. The van der Waals surface area contributed by atoms with Crippen LogP contribution in [0.15, 0.2) is 6.33 Å². The number of aromatic nitrogens is 3. The molecule has 0 aromatic carbocycles. The Morgan fingerprint density at radius 2 is 2.50 bits per heavy atom. The van der Waals surface area contributed by atoms with Crippen molar-refractivity contribution in [3.05, 3.63) is 12.0 Å². The summed E-state index contributed by atoms with van der Waals surface area (Å²) >= 11 is 0. The van der Waals surface area contributed by atoms with Gasteiger partial charge in [-0.2, -0.15) is 5.26 Å². The Labute approximate surface area is 67.2 Å². The average Bonchev–Trinajstić information content (AvgIpc) is 2.05. The highest BCUT2D eigenvalue weighted by molar-refractivity contribution is 5.96. The van der Waals surface area contributed by atoms with Crippen LogP contribution in [0.1, 0.15) is 10.5 Å². The molecule has 0 unspecified atom stereocenters. The molecular weight excluding hydrogens is 160 g/mol. The number of amides is 1. The predicted molar refractivity (Wildman–Crippen MR) is 37.3 cm³/mol. The van der Waals surface area contributed by atoms with Crippen molar-refractivity contribution in [2.75, 3.05) is 5.73 Å². The summed E-state index contributed by atoms with van der Waals surface area (Å²) in [6.07, 6.45) is 2.52. The van der Waals surface area contributed by atoms with Gasteiger partial charge in [-0.05, 0) is 0 Å². The molecule has 0 aliphatic heterocycles. The number of hydrogen-bond donors (Lipinski definition) is 2. The molecule has 0 fully saturated rings. The van der Waals surface area contributed by atoms with Gasteiger partial charge in [-0.1, -0.05) is 0 Å². The summed E-state index contributed by atoms with van der Waals surface area (Å²) in [5, 5.41) is 16.7. The lowest BCUT2D eigenvalue weighted by Gasteiger charge is -1.96. The van der Waals surface area contributed by atoms with E-state index >= 15 is 0 Å². The number of nitrogen functional groups attached to an aromatic ring is 1. The van der Waals surface area contributed by atoms with Crippen LogP contribution >= 0.6 is 0 Å². The highest BCUT2D eigenvalue weighted by atomic mass is 16.1. The van der Waals surface area contributed by atoms with E-state index in [1.807, 2.05) is 5.32 Å². The van der Waals surface area contributed by atoms with Crippen LogP contribution in [0, 0.1) is 11.5 Å². The summed E-state index contributed by atoms with van der Waals surface area (Å²) in [6.45, 7) is 0. The summed E-state index contributed by atoms with van der Waals surface area (Å²) in [5.41, 5.74) is 5.14. The molecule has 7 nitrogen and oxygen atoms in total. The molecule has 0 saturated heterocycles. The van der Waals surface area contributed by atoms with Crippen molar-refractivity contribution in [3.8, 4) is 6.19 Å². The van der Waals surface area contributed by atoms with Crippen LogP contribution in [-0.4, -0.2) is 21.1 Å². The second-order valence-corrected chi connectivity index (χ2v) is 1.76. The number of hydrogen-bond acceptors (Lipinski definition) is 6. The fraction of sp³-hybridized carbons (Fsp3) is 0. The molecule has 0 aliphatic rings. The quantitative estimate of drug-likeness (QED) is 0.392. The molecule has 1 rings (SSSR count). The number of rotatable bonds is 1. The van der Waals surface area contributed by atoms with Crippen molar-refractivity contribution < 1.29 is 4.79 Å². The summed E-state index contributed by atoms with van der Waals surface area (Å²) in [5.74, 6) is -0.796. The minimum absolute atomic E-state index is 0.105. The Morgan fingerprint density at radius 3 is 3.08 bits per heavy atom. The second-order valence-electron chi connectivity index (χ2n) is 1.76. The summed E-state index contributed by atoms with van der Waals surface area (Å²) in [4.78, 5) is 14.5. The molecule has 12 heavy (non-hydrogen) atoms. The fourth-order valence-electron chi connectivity index (χ4n) is 0.570. The molecule has 60 valence electrons. The van der Waals surface area contributed by atoms with Gasteiger partial charge in [-0.25, -0.2) is 4.98 Å². The zero-order valence-corrected chi connectivity index (χ0v) is 5.85. The molecule has 0 spiro atoms. The molecular formula is C5H4N6O. The highest BCUT2D eigenvalue weighted by Gasteiger charge is 2.10. The van der Waals surface area contributed by atoms with E-state index in [1.54, 1.807) is 0 Å². The normalized spacial score (nSPS) is 8.58. The van der Waals surface area contributed by atoms with Crippen LogP contribution in [0.25, 0.3) is 0 Å². The largest absolute Gasteiger partial charge is 0.380 e. The van der Waals surface area contributed by atoms with Crippen molar-refractivity contribution in [2.24, 2.45) is 0 Å². The smallest absolute Gasteiger partial charge is 0.286 e. The van der Waals surface area contributed by atoms with E-state index in [2.05, 4.69) is 15.2 Å². The number of nitrogens with zero attached hydrogens (tertiary/aromatic N) is 4. The van der Waals surface area contributed by atoms with Gasteiger partial charge in [0.1, 0.15) is 6.33 Å².